The van der Waals surface area contributed by atoms with Crippen molar-refractivity contribution in [3.8, 4) is 0 Å². The largest absolute Gasteiger partial charge is 0.421 e. The van der Waals surface area contributed by atoms with Crippen LogP contribution in [-0.4, -0.2) is 15.9 Å². The molecular weight excluding hydrogens is 128 g/mol. The first kappa shape index (κ1) is 9.18. The second-order valence-corrected chi connectivity index (χ2v) is 3.61. The van der Waals surface area contributed by atoms with Gasteiger partial charge >= 0.3 is 0 Å². The van der Waals surface area contributed by atoms with Crippen molar-refractivity contribution >= 4 is 9.76 Å². The fourth-order valence-corrected chi connectivity index (χ4v) is 1.75. The molecule has 0 rings (SSSR count). The monoisotopic (exact) mass is 145 g/mol. The predicted molar refractivity (Wildman–Crippen MR) is 44.2 cm³/mol. The van der Waals surface area contributed by atoms with Crippen molar-refractivity contribution in [3.63, 3.8) is 0 Å². The highest BCUT2D eigenvalue weighted by Crippen LogP contribution is 2.01. The van der Waals surface area contributed by atoms with E-state index in [2.05, 4.69) is 20.8 Å². The predicted octanol–water partition coefficient (Wildman–Crippen LogP) is 1.53. The lowest BCUT2D eigenvalue weighted by Gasteiger charge is -2.12. The van der Waals surface area contributed by atoms with E-state index in [-0.39, 0.29) is 9.76 Å². The molecule has 0 aromatic rings. The highest BCUT2D eigenvalue weighted by atomic mass is 28.2. The van der Waals surface area contributed by atoms with Crippen molar-refractivity contribution < 1.29 is 4.43 Å². The zero-order valence-corrected chi connectivity index (χ0v) is 7.94. The van der Waals surface area contributed by atoms with Gasteiger partial charge in [0.1, 0.15) is 0 Å². The van der Waals surface area contributed by atoms with Crippen molar-refractivity contribution in [2.24, 2.45) is 0 Å². The van der Waals surface area contributed by atoms with Gasteiger partial charge in [-0.05, 0) is 18.9 Å². The van der Waals surface area contributed by atoms with Gasteiger partial charge in [-0.3, -0.25) is 0 Å². The van der Waals surface area contributed by atoms with Crippen LogP contribution >= 0.6 is 0 Å². The molecule has 9 heavy (non-hydrogen) atoms. The van der Waals surface area contributed by atoms with Gasteiger partial charge in [-0.1, -0.05) is 20.8 Å². The Kier molecular flexibility index (Phi) is 6.42. The maximum atomic E-state index is 5.57. The van der Waals surface area contributed by atoms with E-state index >= 15 is 0 Å². The molecule has 0 spiro atoms. The zero-order valence-electron chi connectivity index (χ0n) is 6.52. The van der Waals surface area contributed by atoms with E-state index in [1.54, 1.807) is 0 Å². The van der Waals surface area contributed by atoms with Gasteiger partial charge < -0.3 is 4.43 Å². The van der Waals surface area contributed by atoms with Crippen molar-refractivity contribution in [3.05, 3.63) is 6.92 Å². The fraction of sp³-hybridized carbons (Fsp3) is 0.857. The van der Waals surface area contributed by atoms with Crippen LogP contribution in [0, 0.1) is 6.92 Å². The molecule has 0 heterocycles. The van der Waals surface area contributed by atoms with Gasteiger partial charge in [0.2, 0.25) is 0 Å². The smallest absolute Gasteiger partial charge is 0.161 e. The molecule has 0 bridgehead atoms. The third-order valence-electron chi connectivity index (χ3n) is 1.41. The minimum absolute atomic E-state index is 0.259. The molecule has 0 aromatic heterocycles. The standard InChI is InChI=1S/C7H17OSi/c1-4-7(5-2)8-9-6-3/h7H,3-6,9H2,1-2H3. The van der Waals surface area contributed by atoms with E-state index < -0.39 is 0 Å². The van der Waals surface area contributed by atoms with Gasteiger partial charge in [0.25, 0.3) is 0 Å². The Balaban J connectivity index is 3.09. The van der Waals surface area contributed by atoms with Gasteiger partial charge in [0.15, 0.2) is 9.76 Å². The first-order chi connectivity index (χ1) is 4.35. The number of hydrogen-bond donors (Lipinski definition) is 0. The maximum Gasteiger partial charge on any atom is 0.161 e. The van der Waals surface area contributed by atoms with Crippen LogP contribution in [0.15, 0.2) is 0 Å². The lowest BCUT2D eigenvalue weighted by atomic mass is 10.2. The molecule has 0 saturated carbocycles. The third-order valence-corrected chi connectivity index (χ3v) is 2.40. The Morgan fingerprint density at radius 3 is 2.33 bits per heavy atom. The molecule has 0 N–H and O–H groups in total. The summed E-state index contributed by atoms with van der Waals surface area (Å²) in [5.74, 6) is 0. The van der Waals surface area contributed by atoms with Crippen LogP contribution in [0.25, 0.3) is 0 Å². The van der Waals surface area contributed by atoms with Crippen molar-refractivity contribution in [2.75, 3.05) is 0 Å². The van der Waals surface area contributed by atoms with Crippen LogP contribution in [0.3, 0.4) is 0 Å². The van der Waals surface area contributed by atoms with Crippen molar-refractivity contribution in [1.82, 2.24) is 0 Å². The SMILES string of the molecule is [CH2]C[SiH2]OC(CC)CC. The number of rotatable bonds is 5. The molecule has 2 heteroatoms. The average Bonchev–Trinajstić information content (AvgIpc) is 1.91. The lowest BCUT2D eigenvalue weighted by Crippen LogP contribution is -2.12. The molecule has 0 aliphatic heterocycles. The molecule has 55 valence electrons. The quantitative estimate of drug-likeness (QED) is 0.533. The zero-order chi connectivity index (χ0) is 7.11. The second kappa shape index (κ2) is 6.30. The van der Waals surface area contributed by atoms with Gasteiger partial charge in [0, 0.05) is 6.10 Å². The van der Waals surface area contributed by atoms with Gasteiger partial charge in [0.05, 0.1) is 0 Å². The molecule has 0 unspecified atom stereocenters. The molecule has 0 saturated heterocycles. The molecule has 0 amide bonds. The molecule has 0 fully saturated rings. The van der Waals surface area contributed by atoms with Gasteiger partial charge in [-0.15, -0.1) is 0 Å². The van der Waals surface area contributed by atoms with Crippen LogP contribution in [0.2, 0.25) is 6.04 Å². The van der Waals surface area contributed by atoms with Crippen molar-refractivity contribution in [2.45, 2.75) is 38.8 Å². The molecule has 1 nitrogen and oxygen atoms in total. The Labute approximate surface area is 60.7 Å². The summed E-state index contributed by atoms with van der Waals surface area (Å²) < 4.78 is 5.57. The summed E-state index contributed by atoms with van der Waals surface area (Å²) in [6, 6.07) is 1.02. The van der Waals surface area contributed by atoms with E-state index in [1.807, 2.05) is 0 Å². The van der Waals surface area contributed by atoms with Crippen molar-refractivity contribution in [1.29, 1.82) is 0 Å². The summed E-state index contributed by atoms with van der Waals surface area (Å²) in [5.41, 5.74) is 0. The van der Waals surface area contributed by atoms with Crippen LogP contribution in [0.5, 0.6) is 0 Å². The van der Waals surface area contributed by atoms with E-state index in [0.717, 1.165) is 18.9 Å². The molecule has 0 aliphatic rings. The van der Waals surface area contributed by atoms with Crippen LogP contribution in [-0.2, 0) is 4.43 Å². The maximum absolute atomic E-state index is 5.57. The topological polar surface area (TPSA) is 9.23 Å². The van der Waals surface area contributed by atoms with E-state index in [0.29, 0.717) is 6.10 Å². The van der Waals surface area contributed by atoms with E-state index in [9.17, 15) is 0 Å². The summed E-state index contributed by atoms with van der Waals surface area (Å²) in [6.07, 6.45) is 2.84. The summed E-state index contributed by atoms with van der Waals surface area (Å²) in [6.45, 7) is 8.11. The molecule has 0 aliphatic carbocycles. The van der Waals surface area contributed by atoms with Gasteiger partial charge in [-0.2, -0.15) is 0 Å². The van der Waals surface area contributed by atoms with Crippen LogP contribution < -0.4 is 0 Å². The van der Waals surface area contributed by atoms with E-state index in [4.69, 9.17) is 4.43 Å². The minimum Gasteiger partial charge on any atom is -0.421 e. The van der Waals surface area contributed by atoms with E-state index in [1.165, 1.54) is 0 Å². The van der Waals surface area contributed by atoms with Gasteiger partial charge in [-0.25, -0.2) is 0 Å². The second-order valence-electron chi connectivity index (χ2n) is 2.16. The summed E-state index contributed by atoms with van der Waals surface area (Å²) in [7, 11) is -0.259. The summed E-state index contributed by atoms with van der Waals surface area (Å²) in [4.78, 5) is 0. The molecule has 1 radical (unpaired) electrons. The molecular formula is C7H17OSi. The Morgan fingerprint density at radius 1 is 1.44 bits per heavy atom. The fourth-order valence-electron chi connectivity index (χ4n) is 0.774. The highest BCUT2D eigenvalue weighted by Gasteiger charge is 1.99. The number of hydrogen-bond acceptors (Lipinski definition) is 1. The van der Waals surface area contributed by atoms with Crippen LogP contribution in [0.4, 0.5) is 0 Å². The summed E-state index contributed by atoms with van der Waals surface area (Å²) in [5, 5.41) is 0. The molecule has 0 atom stereocenters. The summed E-state index contributed by atoms with van der Waals surface area (Å²) >= 11 is 0. The third kappa shape index (κ3) is 4.67. The highest BCUT2D eigenvalue weighted by molar-refractivity contribution is 6.27. The lowest BCUT2D eigenvalue weighted by molar-refractivity contribution is 0.203. The van der Waals surface area contributed by atoms with Crippen LogP contribution in [0.1, 0.15) is 26.7 Å². The molecule has 0 aromatic carbocycles. The average molecular weight is 145 g/mol. The Morgan fingerprint density at radius 2 is 2.00 bits per heavy atom. The first-order valence-corrected chi connectivity index (χ1v) is 5.33. The Bertz CT molecular complexity index is 52.9. The minimum atomic E-state index is -0.259. The first-order valence-electron chi connectivity index (χ1n) is 3.76. The Hall–Kier alpha value is 0.177. The normalized spacial score (nSPS) is 12.0.